The topological polar surface area (TPSA) is 87.2 Å². The third-order valence-corrected chi connectivity index (χ3v) is 10.3. The van der Waals surface area contributed by atoms with Crippen LogP contribution in [0.1, 0.15) is 33.9 Å². The number of nitrogens with one attached hydrogen (secondary N) is 1. The summed E-state index contributed by atoms with van der Waals surface area (Å²) in [5.74, 6) is -2.88. The number of allylic oxidation sites excluding steroid dienone is 1. The molecule has 0 saturated heterocycles. The predicted octanol–water partition coefficient (Wildman–Crippen LogP) is 6.42. The molecule has 1 N–H and O–H groups in total. The molecule has 1 saturated carbocycles. The first-order valence-corrected chi connectivity index (χ1v) is 16.5. The maximum atomic E-state index is 14.3. The first-order valence-electron chi connectivity index (χ1n) is 15.7. The van der Waals surface area contributed by atoms with Crippen LogP contribution < -0.4 is 20.7 Å². The van der Waals surface area contributed by atoms with Crippen molar-refractivity contribution < 1.29 is 23.4 Å². The van der Waals surface area contributed by atoms with E-state index in [1.807, 2.05) is 60.5 Å². The van der Waals surface area contributed by atoms with Gasteiger partial charge in [0.25, 0.3) is 5.56 Å². The Kier molecular flexibility index (Phi) is 8.51. The lowest BCUT2D eigenvalue weighted by atomic mass is 9.63. The van der Waals surface area contributed by atoms with Gasteiger partial charge in [0.1, 0.15) is 5.69 Å². The molecule has 0 amide bonds. The molecule has 6 nitrogen and oxygen atoms in total. The molecule has 1 fully saturated rings. The lowest BCUT2D eigenvalue weighted by molar-refractivity contribution is -0.543. The van der Waals surface area contributed by atoms with Crippen molar-refractivity contribution in [2.24, 2.45) is 5.92 Å². The van der Waals surface area contributed by atoms with E-state index in [-0.39, 0.29) is 5.69 Å². The van der Waals surface area contributed by atoms with Gasteiger partial charge in [0.15, 0.2) is 0 Å². The van der Waals surface area contributed by atoms with Crippen LogP contribution in [0.25, 0.3) is 5.69 Å². The van der Waals surface area contributed by atoms with Crippen LogP contribution >= 0.6 is 23.2 Å². The van der Waals surface area contributed by atoms with Gasteiger partial charge in [0.2, 0.25) is 0 Å². The van der Waals surface area contributed by atoms with Gasteiger partial charge >= 0.3 is 6.18 Å². The first kappa shape index (κ1) is 33.2. The Morgan fingerprint density at radius 2 is 1.35 bits per heavy atom. The summed E-state index contributed by atoms with van der Waals surface area (Å²) in [6.07, 6.45) is -5.97. The monoisotopic (exact) mass is 703 g/mol. The smallest absolute Gasteiger partial charge is 0.433 e. The normalized spacial score (nSPS) is 22.3. The second-order valence-corrected chi connectivity index (χ2v) is 13.6. The van der Waals surface area contributed by atoms with Crippen LogP contribution in [0.5, 0.6) is 0 Å². The summed E-state index contributed by atoms with van der Waals surface area (Å²) in [5.41, 5.74) is 0.612. The predicted molar refractivity (Wildman–Crippen MR) is 180 cm³/mol. The van der Waals surface area contributed by atoms with Gasteiger partial charge < -0.3 is 15.1 Å². The Balaban J connectivity index is 1.34. The maximum absolute atomic E-state index is 14.3. The molecule has 252 valence electrons. The molecule has 0 spiro atoms. The average Bonchev–Trinajstić information content (AvgIpc) is 3.54. The number of hydrogen-bond donors (Lipinski definition) is 1. The van der Waals surface area contributed by atoms with Crippen molar-refractivity contribution >= 4 is 28.9 Å². The minimum absolute atomic E-state index is 0.159. The number of rotatable bonds is 7. The third kappa shape index (κ3) is 5.78. The van der Waals surface area contributed by atoms with Gasteiger partial charge in [-0.25, -0.2) is 4.68 Å². The minimum Gasteiger partial charge on any atom is -0.851 e. The molecule has 2 aliphatic rings. The quantitative estimate of drug-likeness (QED) is 0.212. The first-order chi connectivity index (χ1) is 23.4. The molecule has 4 aromatic carbocycles. The molecule has 0 bridgehead atoms. The van der Waals surface area contributed by atoms with E-state index in [2.05, 4.69) is 5.10 Å². The number of nitrogens with zero attached hydrogens (tertiary/aromatic N) is 2. The van der Waals surface area contributed by atoms with Crippen LogP contribution in [0.3, 0.4) is 0 Å². The zero-order valence-corrected chi connectivity index (χ0v) is 27.6. The number of aromatic amines is 1. The van der Waals surface area contributed by atoms with E-state index in [9.17, 15) is 28.2 Å². The van der Waals surface area contributed by atoms with Crippen LogP contribution in [-0.2, 0) is 24.4 Å². The van der Waals surface area contributed by atoms with Crippen LogP contribution in [0.2, 0.25) is 10.0 Å². The number of hydrogen-bond acceptors (Lipinski definition) is 4. The van der Waals surface area contributed by atoms with Gasteiger partial charge in [-0.05, 0) is 83.8 Å². The van der Waals surface area contributed by atoms with E-state index in [4.69, 9.17) is 23.2 Å². The van der Waals surface area contributed by atoms with Crippen molar-refractivity contribution in [2.75, 3.05) is 11.9 Å². The number of halogens is 5. The van der Waals surface area contributed by atoms with Crippen molar-refractivity contribution in [3.05, 3.63) is 163 Å². The van der Waals surface area contributed by atoms with Crippen molar-refractivity contribution in [3.8, 4) is 5.69 Å². The molecule has 1 aliphatic carbocycles. The number of para-hydroxylation sites is 2. The standard InChI is InChI=1S/C38H30Cl2F3N3O3/c1-45-29-10-6-5-9-28(29)37(20-22-11-15-24(39)16-12-22,21-23-13-17-25(40)18-14-23)30(45)19-27-33(47)31(34(27)48)32-35(38(41,42)43)44-46(36(32)49)26-7-3-2-4-8-26/h2-19,27,31,33-34,44H,20-21H2,1H3/q-2. The number of fused-ring (bicyclic) bond motifs is 1. The number of likely N-dealkylation sites (N-methyl/N-ethyl adjacent to an activating group) is 1. The molecule has 7 rings (SSSR count). The van der Waals surface area contributed by atoms with Crippen molar-refractivity contribution in [1.82, 2.24) is 9.78 Å². The van der Waals surface area contributed by atoms with Gasteiger partial charge in [-0.1, -0.05) is 89.9 Å². The minimum atomic E-state index is -4.99. The third-order valence-electron chi connectivity index (χ3n) is 9.85. The van der Waals surface area contributed by atoms with E-state index < -0.39 is 52.5 Å². The summed E-state index contributed by atoms with van der Waals surface area (Å²) in [7, 11) is 1.86. The number of aromatic nitrogens is 2. The molecule has 1 aliphatic heterocycles. The number of alkyl halides is 3. The Hall–Kier alpha value is -4.28. The summed E-state index contributed by atoms with van der Waals surface area (Å²) in [4.78, 5) is 15.4. The fraction of sp³-hybridized carbons (Fsp3) is 0.237. The maximum Gasteiger partial charge on any atom is 0.433 e. The average molecular weight is 705 g/mol. The summed E-state index contributed by atoms with van der Waals surface area (Å²) < 4.78 is 43.7. The van der Waals surface area contributed by atoms with Crippen molar-refractivity contribution in [3.63, 3.8) is 0 Å². The van der Waals surface area contributed by atoms with Crippen molar-refractivity contribution in [2.45, 2.75) is 42.6 Å². The molecule has 1 aromatic heterocycles. The zero-order valence-electron chi connectivity index (χ0n) is 26.1. The van der Waals surface area contributed by atoms with Crippen LogP contribution in [-0.4, -0.2) is 29.0 Å². The second-order valence-electron chi connectivity index (χ2n) is 12.7. The van der Waals surface area contributed by atoms with Gasteiger partial charge in [-0.2, -0.15) is 13.2 Å². The lowest BCUT2D eigenvalue weighted by Gasteiger charge is -2.60. The van der Waals surface area contributed by atoms with E-state index in [1.54, 1.807) is 48.5 Å². The summed E-state index contributed by atoms with van der Waals surface area (Å²) >= 11 is 12.4. The van der Waals surface area contributed by atoms with E-state index in [0.29, 0.717) is 28.6 Å². The molecule has 2 atom stereocenters. The summed E-state index contributed by atoms with van der Waals surface area (Å²) in [6, 6.07) is 30.5. The van der Waals surface area contributed by atoms with Gasteiger partial charge in [0, 0.05) is 33.9 Å². The van der Waals surface area contributed by atoms with E-state index in [0.717, 1.165) is 27.1 Å². The lowest BCUT2D eigenvalue weighted by Crippen LogP contribution is -2.66. The molecular weight excluding hydrogens is 674 g/mol. The number of benzene rings is 4. The highest BCUT2D eigenvalue weighted by molar-refractivity contribution is 6.30. The zero-order chi connectivity index (χ0) is 34.7. The highest BCUT2D eigenvalue weighted by atomic mass is 35.5. The van der Waals surface area contributed by atoms with Crippen LogP contribution in [0.15, 0.2) is 120 Å². The van der Waals surface area contributed by atoms with Gasteiger partial charge in [-0.15, -0.1) is 12.2 Å². The van der Waals surface area contributed by atoms with Gasteiger partial charge in [0.05, 0.1) is 11.3 Å². The molecule has 5 aromatic rings. The summed E-state index contributed by atoms with van der Waals surface area (Å²) in [5, 5.41) is 31.3. The summed E-state index contributed by atoms with van der Waals surface area (Å²) in [6.45, 7) is 0. The largest absolute Gasteiger partial charge is 0.851 e. The SMILES string of the molecule is CN1C(=CC2C([O-])C(c3c(C(F)(F)F)[nH]n(-c4ccccc4)c3=O)C2[O-])C(Cc2ccc(Cl)cc2)(Cc2ccc(Cl)cc2)c2ccccc21. The Morgan fingerprint density at radius 3 is 1.90 bits per heavy atom. The van der Waals surface area contributed by atoms with Crippen LogP contribution in [0.4, 0.5) is 18.9 Å². The Bertz CT molecular complexity index is 2020. The molecule has 11 heteroatoms. The van der Waals surface area contributed by atoms with Crippen LogP contribution in [0, 0.1) is 5.92 Å². The molecule has 0 radical (unpaired) electrons. The molecular formula is C38H30Cl2F3N3O3-2. The number of anilines is 1. The number of H-pyrrole nitrogens is 1. The molecule has 2 unspecified atom stereocenters. The second kappa shape index (κ2) is 12.6. The van der Waals surface area contributed by atoms with Gasteiger partial charge in [-0.3, -0.25) is 9.89 Å². The van der Waals surface area contributed by atoms with E-state index >= 15 is 0 Å². The molecule has 2 heterocycles. The van der Waals surface area contributed by atoms with Crippen molar-refractivity contribution in [1.29, 1.82) is 0 Å². The Labute approximate surface area is 290 Å². The highest BCUT2D eigenvalue weighted by Gasteiger charge is 2.50. The fourth-order valence-corrected chi connectivity index (χ4v) is 7.76. The fourth-order valence-electron chi connectivity index (χ4n) is 7.51. The van der Waals surface area contributed by atoms with E-state index in [1.165, 1.54) is 12.1 Å². The Morgan fingerprint density at radius 1 is 0.816 bits per heavy atom. The molecule has 49 heavy (non-hydrogen) atoms. The highest BCUT2D eigenvalue weighted by Crippen LogP contribution is 2.53.